The number of epoxide rings is 2. The molecule has 12 nitrogen and oxygen atoms in total. The summed E-state index contributed by atoms with van der Waals surface area (Å²) in [6.07, 6.45) is 2.02. The monoisotopic (exact) mass is 580 g/mol. The molecule has 0 spiro atoms. The Hall–Kier alpha value is -3.84. The SMILES string of the molecule is C1CO1.CC1CO1.COC(=O)c1ccc(C(=O)OC)cc1.COC(=O)c1cccc(C(=O)OC)c1.OCCCCO. The van der Waals surface area contributed by atoms with E-state index in [0.29, 0.717) is 28.4 Å². The molecule has 4 rings (SSSR count). The first-order valence-corrected chi connectivity index (χ1v) is 12.6. The van der Waals surface area contributed by atoms with Crippen molar-refractivity contribution in [1.82, 2.24) is 0 Å². The van der Waals surface area contributed by atoms with Gasteiger partial charge >= 0.3 is 23.9 Å². The van der Waals surface area contributed by atoms with E-state index in [1.807, 2.05) is 0 Å². The van der Waals surface area contributed by atoms with E-state index in [1.54, 1.807) is 18.2 Å². The van der Waals surface area contributed by atoms with Crippen molar-refractivity contribution in [1.29, 1.82) is 0 Å². The first-order chi connectivity index (χ1) is 19.7. The van der Waals surface area contributed by atoms with Gasteiger partial charge in [0.2, 0.25) is 0 Å². The molecule has 2 heterocycles. The molecule has 2 aromatic rings. The molecule has 0 radical (unpaired) electrons. The molecule has 0 saturated carbocycles. The van der Waals surface area contributed by atoms with E-state index in [0.717, 1.165) is 32.7 Å². The zero-order valence-corrected chi connectivity index (χ0v) is 24.1. The predicted molar refractivity (Wildman–Crippen MR) is 148 cm³/mol. The number of hydrogen-bond donors (Lipinski definition) is 2. The topological polar surface area (TPSA) is 171 Å². The van der Waals surface area contributed by atoms with Crippen LogP contribution in [-0.4, -0.2) is 102 Å². The second-order valence-corrected chi connectivity index (χ2v) is 8.04. The highest BCUT2D eigenvalue weighted by Gasteiger charge is 2.13. The summed E-state index contributed by atoms with van der Waals surface area (Å²) in [5, 5.41) is 16.2. The van der Waals surface area contributed by atoms with E-state index in [9.17, 15) is 19.2 Å². The summed E-state index contributed by atoms with van der Waals surface area (Å²) in [6.45, 7) is 5.43. The number of carbonyl (C=O) groups is 4. The molecular weight excluding hydrogens is 540 g/mol. The lowest BCUT2D eigenvalue weighted by Gasteiger charge is -2.01. The van der Waals surface area contributed by atoms with Crippen molar-refractivity contribution >= 4 is 23.9 Å². The number of rotatable bonds is 7. The molecule has 41 heavy (non-hydrogen) atoms. The number of unbranched alkanes of at least 4 members (excludes halogenated alkanes) is 1. The van der Waals surface area contributed by atoms with Crippen LogP contribution < -0.4 is 0 Å². The molecule has 0 bridgehead atoms. The molecule has 0 amide bonds. The second-order valence-electron chi connectivity index (χ2n) is 8.04. The molecule has 2 aliphatic rings. The summed E-state index contributed by atoms with van der Waals surface area (Å²) in [4.78, 5) is 44.3. The summed E-state index contributed by atoms with van der Waals surface area (Å²) < 4.78 is 27.3. The third-order valence-corrected chi connectivity index (χ3v) is 4.70. The normalized spacial score (nSPS) is 13.3. The molecule has 2 saturated heterocycles. The van der Waals surface area contributed by atoms with Crippen molar-refractivity contribution in [3.05, 3.63) is 70.8 Å². The number of esters is 4. The van der Waals surface area contributed by atoms with Gasteiger partial charge in [-0.2, -0.15) is 0 Å². The van der Waals surface area contributed by atoms with Crippen LogP contribution in [0.25, 0.3) is 0 Å². The third kappa shape index (κ3) is 19.0. The van der Waals surface area contributed by atoms with Gasteiger partial charge in [0.05, 0.1) is 76.6 Å². The summed E-state index contributed by atoms with van der Waals surface area (Å²) >= 11 is 0. The number of benzene rings is 2. The van der Waals surface area contributed by atoms with Gasteiger partial charge in [-0.3, -0.25) is 0 Å². The smallest absolute Gasteiger partial charge is 0.337 e. The minimum Gasteiger partial charge on any atom is -0.465 e. The molecule has 1 atom stereocenters. The Morgan fingerprint density at radius 2 is 0.976 bits per heavy atom. The third-order valence-electron chi connectivity index (χ3n) is 4.70. The first kappa shape index (κ1) is 37.2. The minimum atomic E-state index is -0.476. The van der Waals surface area contributed by atoms with Gasteiger partial charge in [-0.1, -0.05) is 6.07 Å². The van der Waals surface area contributed by atoms with Crippen LogP contribution in [0.3, 0.4) is 0 Å². The van der Waals surface area contributed by atoms with Crippen molar-refractivity contribution in [2.24, 2.45) is 0 Å². The van der Waals surface area contributed by atoms with E-state index >= 15 is 0 Å². The molecule has 228 valence electrons. The van der Waals surface area contributed by atoms with E-state index < -0.39 is 23.9 Å². The maximum atomic E-state index is 11.1. The van der Waals surface area contributed by atoms with Crippen LogP contribution in [0.4, 0.5) is 0 Å². The molecule has 2 fully saturated rings. The standard InChI is InChI=1S/2C10H10O4.C4H10O2.C3H6O.C2H4O/c1-13-9(11)7-3-5-8(6-4-7)10(12)14-2;1-13-9(11)7-4-3-5-8(6-7)10(12)14-2;5-3-1-2-4-6;1-3-2-4-3;1-2-3-1/h2*3-6H,1-2H3;5-6H,1-4H2;3H,2H2,1H3;1-2H2. The number of aliphatic hydroxyl groups excluding tert-OH is 2. The van der Waals surface area contributed by atoms with Crippen LogP contribution in [0.5, 0.6) is 0 Å². The van der Waals surface area contributed by atoms with Gasteiger partial charge in [-0.25, -0.2) is 19.2 Å². The number of ether oxygens (including phenoxy) is 6. The molecule has 2 aliphatic heterocycles. The fourth-order valence-corrected chi connectivity index (χ4v) is 2.31. The van der Waals surface area contributed by atoms with Crippen LogP contribution in [0.1, 0.15) is 61.2 Å². The fourth-order valence-electron chi connectivity index (χ4n) is 2.31. The van der Waals surface area contributed by atoms with Gasteiger partial charge in [0.1, 0.15) is 0 Å². The van der Waals surface area contributed by atoms with E-state index in [4.69, 9.17) is 14.9 Å². The average molecular weight is 581 g/mol. The summed E-state index contributed by atoms with van der Waals surface area (Å²) in [7, 11) is 5.17. The number of methoxy groups -OCH3 is 4. The summed E-state index contributed by atoms with van der Waals surface area (Å²) in [5.41, 5.74) is 1.46. The Kier molecular flexibility index (Phi) is 20.8. The van der Waals surface area contributed by atoms with Gasteiger partial charge in [0.15, 0.2) is 0 Å². The number of hydrogen-bond acceptors (Lipinski definition) is 12. The van der Waals surface area contributed by atoms with Crippen molar-refractivity contribution in [3.8, 4) is 0 Å². The largest absolute Gasteiger partial charge is 0.465 e. The lowest BCUT2D eigenvalue weighted by Crippen LogP contribution is -2.05. The zero-order valence-electron chi connectivity index (χ0n) is 24.1. The number of aliphatic hydroxyl groups is 2. The summed E-state index contributed by atoms with van der Waals surface area (Å²) in [6, 6.07) is 12.2. The Morgan fingerprint density at radius 3 is 1.20 bits per heavy atom. The van der Waals surface area contributed by atoms with Crippen molar-refractivity contribution in [2.75, 3.05) is 61.5 Å². The molecule has 12 heteroatoms. The minimum absolute atomic E-state index is 0.195. The highest BCUT2D eigenvalue weighted by Crippen LogP contribution is 2.08. The maximum Gasteiger partial charge on any atom is 0.337 e. The fraction of sp³-hybridized carbons (Fsp3) is 0.448. The Bertz CT molecular complexity index is 957. The molecule has 1 unspecified atom stereocenters. The van der Waals surface area contributed by atoms with Gasteiger partial charge in [0, 0.05) is 13.2 Å². The van der Waals surface area contributed by atoms with Gasteiger partial charge < -0.3 is 38.6 Å². The highest BCUT2D eigenvalue weighted by atomic mass is 16.6. The van der Waals surface area contributed by atoms with Crippen molar-refractivity contribution in [2.45, 2.75) is 25.9 Å². The Balaban J connectivity index is 0.000000547. The highest BCUT2D eigenvalue weighted by molar-refractivity contribution is 5.95. The molecular formula is C29H40O12. The molecule has 2 N–H and O–H groups in total. The predicted octanol–water partition coefficient (Wildman–Crippen LogP) is 2.69. The van der Waals surface area contributed by atoms with Crippen molar-refractivity contribution in [3.63, 3.8) is 0 Å². The second kappa shape index (κ2) is 22.9. The maximum absolute atomic E-state index is 11.1. The van der Waals surface area contributed by atoms with Crippen LogP contribution in [-0.2, 0) is 28.4 Å². The van der Waals surface area contributed by atoms with Crippen LogP contribution >= 0.6 is 0 Å². The van der Waals surface area contributed by atoms with Crippen LogP contribution in [0, 0.1) is 0 Å². The number of carbonyl (C=O) groups excluding carboxylic acids is 4. The first-order valence-electron chi connectivity index (χ1n) is 12.6. The van der Waals surface area contributed by atoms with Gasteiger partial charge in [-0.15, -0.1) is 0 Å². The average Bonchev–Trinajstić information content (AvgIpc) is 3.96. The summed E-state index contributed by atoms with van der Waals surface area (Å²) in [5.74, 6) is -1.81. The quantitative estimate of drug-likeness (QED) is 0.213. The van der Waals surface area contributed by atoms with E-state index in [-0.39, 0.29) is 13.2 Å². The Labute approximate surface area is 240 Å². The van der Waals surface area contributed by atoms with Crippen molar-refractivity contribution < 1.29 is 57.8 Å². The van der Waals surface area contributed by atoms with Gasteiger partial charge in [0.25, 0.3) is 0 Å². The molecule has 2 aromatic carbocycles. The Morgan fingerprint density at radius 1 is 0.683 bits per heavy atom. The van der Waals surface area contributed by atoms with E-state index in [1.165, 1.54) is 58.8 Å². The van der Waals surface area contributed by atoms with Crippen LogP contribution in [0.15, 0.2) is 48.5 Å². The molecule has 0 aliphatic carbocycles. The van der Waals surface area contributed by atoms with Crippen LogP contribution in [0.2, 0.25) is 0 Å². The molecule has 0 aromatic heterocycles. The van der Waals surface area contributed by atoms with Gasteiger partial charge in [-0.05, 0) is 62.2 Å². The lowest BCUT2D eigenvalue weighted by molar-refractivity contribution is 0.0586. The lowest BCUT2D eigenvalue weighted by atomic mass is 10.1. The zero-order chi connectivity index (χ0) is 31.0. The van der Waals surface area contributed by atoms with E-state index in [2.05, 4.69) is 30.6 Å².